The molecule has 0 saturated carbocycles. The number of halogens is 1. The van der Waals surface area contributed by atoms with Crippen molar-refractivity contribution in [2.75, 3.05) is 0 Å². The third-order valence-electron chi connectivity index (χ3n) is 1.82. The summed E-state index contributed by atoms with van der Waals surface area (Å²) in [4.78, 5) is 9.85. The van der Waals surface area contributed by atoms with Crippen LogP contribution in [0.1, 0.15) is 5.82 Å². The van der Waals surface area contributed by atoms with Crippen LogP contribution in [0.15, 0.2) is 12.3 Å². The van der Waals surface area contributed by atoms with Crippen LogP contribution in [0, 0.1) is 22.9 Å². The van der Waals surface area contributed by atoms with E-state index in [1.165, 1.54) is 4.40 Å². The van der Waals surface area contributed by atoms with Gasteiger partial charge in [-0.1, -0.05) is 0 Å². The van der Waals surface area contributed by atoms with Crippen molar-refractivity contribution in [1.29, 1.82) is 0 Å². The number of hydrogen-bond donors (Lipinski definition) is 0. The van der Waals surface area contributed by atoms with Crippen molar-refractivity contribution in [2.45, 2.75) is 6.92 Å². The monoisotopic (exact) mass is 196 g/mol. The van der Waals surface area contributed by atoms with Crippen LogP contribution in [0.4, 0.5) is 10.1 Å². The summed E-state index contributed by atoms with van der Waals surface area (Å²) in [6, 6.07) is 0.823. The lowest BCUT2D eigenvalue weighted by atomic mass is 10.4. The molecule has 6 nitrogen and oxygen atoms in total. The third kappa shape index (κ3) is 1.10. The number of aromatic nitrogens is 3. The molecule has 0 bridgehead atoms. The van der Waals surface area contributed by atoms with E-state index in [0.29, 0.717) is 5.82 Å². The van der Waals surface area contributed by atoms with Crippen LogP contribution >= 0.6 is 0 Å². The van der Waals surface area contributed by atoms with Gasteiger partial charge in [0.25, 0.3) is 0 Å². The Labute approximate surface area is 77.1 Å². The van der Waals surface area contributed by atoms with E-state index in [0.717, 1.165) is 12.3 Å². The molecule has 2 aromatic rings. The smallest absolute Gasteiger partial charge is 0.278 e. The number of rotatable bonds is 1. The van der Waals surface area contributed by atoms with Gasteiger partial charge in [-0.15, -0.1) is 10.2 Å². The summed E-state index contributed by atoms with van der Waals surface area (Å²) in [5.74, 6) is -0.283. The molecule has 0 N–H and O–H groups in total. The summed E-state index contributed by atoms with van der Waals surface area (Å²) in [7, 11) is 0. The van der Waals surface area contributed by atoms with Gasteiger partial charge in [0.05, 0.1) is 11.0 Å². The van der Waals surface area contributed by atoms with Crippen LogP contribution in [0.25, 0.3) is 5.65 Å². The zero-order valence-electron chi connectivity index (χ0n) is 7.14. The fraction of sp³-hybridized carbons (Fsp3) is 0.143. The quantitative estimate of drug-likeness (QED) is 0.505. The number of nitro groups is 1. The highest BCUT2D eigenvalue weighted by molar-refractivity contribution is 5.58. The summed E-state index contributed by atoms with van der Waals surface area (Å²) >= 11 is 0. The van der Waals surface area contributed by atoms with Gasteiger partial charge in [-0.25, -0.2) is 4.39 Å². The van der Waals surface area contributed by atoms with Gasteiger partial charge in [0.2, 0.25) is 5.65 Å². The largest absolute Gasteiger partial charge is 0.317 e. The molecule has 0 unspecified atom stereocenters. The summed E-state index contributed by atoms with van der Waals surface area (Å²) in [6.45, 7) is 1.59. The average molecular weight is 196 g/mol. The summed E-state index contributed by atoms with van der Waals surface area (Å²) in [5.41, 5.74) is -0.334. The Kier molecular flexibility index (Phi) is 1.66. The van der Waals surface area contributed by atoms with E-state index >= 15 is 0 Å². The van der Waals surface area contributed by atoms with E-state index in [-0.39, 0.29) is 11.3 Å². The van der Waals surface area contributed by atoms with Gasteiger partial charge in [-0.05, 0) is 6.92 Å². The SMILES string of the molecule is Cc1nnc2c([N+](=O)[O-])cc(F)cn12. The minimum atomic E-state index is -0.688. The molecule has 0 radical (unpaired) electrons. The van der Waals surface area contributed by atoms with E-state index in [4.69, 9.17) is 0 Å². The third-order valence-corrected chi connectivity index (χ3v) is 1.82. The van der Waals surface area contributed by atoms with Crippen LogP contribution < -0.4 is 0 Å². The first-order valence-electron chi connectivity index (χ1n) is 3.75. The maximum Gasteiger partial charge on any atom is 0.317 e. The number of hydrogen-bond acceptors (Lipinski definition) is 4. The van der Waals surface area contributed by atoms with Gasteiger partial charge in [0.1, 0.15) is 11.6 Å². The van der Waals surface area contributed by atoms with E-state index < -0.39 is 10.7 Å². The number of fused-ring (bicyclic) bond motifs is 1. The highest BCUT2D eigenvalue weighted by Gasteiger charge is 2.17. The minimum Gasteiger partial charge on any atom is -0.278 e. The topological polar surface area (TPSA) is 73.3 Å². The van der Waals surface area contributed by atoms with Crippen molar-refractivity contribution < 1.29 is 9.31 Å². The Balaban J connectivity index is 2.88. The van der Waals surface area contributed by atoms with E-state index in [1.54, 1.807) is 6.92 Å². The Bertz CT molecular complexity index is 522. The summed E-state index contributed by atoms with van der Waals surface area (Å²) < 4.78 is 14.2. The van der Waals surface area contributed by atoms with Crippen molar-refractivity contribution in [3.05, 3.63) is 34.0 Å². The van der Waals surface area contributed by atoms with Gasteiger partial charge >= 0.3 is 5.69 Å². The molecule has 0 aliphatic heterocycles. The first-order chi connectivity index (χ1) is 6.59. The van der Waals surface area contributed by atoms with Crippen molar-refractivity contribution in [3.8, 4) is 0 Å². The van der Waals surface area contributed by atoms with Crippen LogP contribution in [0.2, 0.25) is 0 Å². The standard InChI is InChI=1S/C7H5FN4O2/c1-4-9-10-7-6(12(13)14)2-5(8)3-11(4)7/h2-3H,1H3. The predicted octanol–water partition coefficient (Wildman–Crippen LogP) is 1.09. The predicted molar refractivity (Wildman–Crippen MR) is 44.3 cm³/mol. The maximum atomic E-state index is 12.9. The Morgan fingerprint density at radius 1 is 1.57 bits per heavy atom. The Hall–Kier alpha value is -2.05. The lowest BCUT2D eigenvalue weighted by Crippen LogP contribution is -1.96. The van der Waals surface area contributed by atoms with Crippen LogP contribution in [0.5, 0.6) is 0 Å². The molecule has 0 amide bonds. The van der Waals surface area contributed by atoms with Gasteiger partial charge in [0, 0.05) is 6.20 Å². The zero-order chi connectivity index (χ0) is 10.3. The van der Waals surface area contributed by atoms with Gasteiger partial charge in [-0.3, -0.25) is 14.5 Å². The number of pyridine rings is 1. The maximum absolute atomic E-state index is 12.9. The molecule has 0 atom stereocenters. The fourth-order valence-electron chi connectivity index (χ4n) is 1.19. The van der Waals surface area contributed by atoms with Gasteiger partial charge in [-0.2, -0.15) is 0 Å². The lowest BCUT2D eigenvalue weighted by molar-refractivity contribution is -0.383. The molecular weight excluding hydrogens is 191 g/mol. The fourth-order valence-corrected chi connectivity index (χ4v) is 1.19. The highest BCUT2D eigenvalue weighted by Crippen LogP contribution is 2.19. The normalized spacial score (nSPS) is 10.7. The molecule has 0 spiro atoms. The van der Waals surface area contributed by atoms with Gasteiger partial charge in [0.15, 0.2) is 0 Å². The second-order valence-corrected chi connectivity index (χ2v) is 2.74. The van der Waals surface area contributed by atoms with Crippen LogP contribution in [0.3, 0.4) is 0 Å². The van der Waals surface area contributed by atoms with Crippen molar-refractivity contribution in [3.63, 3.8) is 0 Å². The van der Waals surface area contributed by atoms with E-state index in [2.05, 4.69) is 10.2 Å². The molecule has 2 rings (SSSR count). The van der Waals surface area contributed by atoms with Gasteiger partial charge < -0.3 is 0 Å². The van der Waals surface area contributed by atoms with E-state index in [1.807, 2.05) is 0 Å². The van der Waals surface area contributed by atoms with Crippen LogP contribution in [-0.4, -0.2) is 19.5 Å². The molecule has 72 valence electrons. The molecular formula is C7H5FN4O2. The first-order valence-corrected chi connectivity index (χ1v) is 3.75. The summed E-state index contributed by atoms with van der Waals surface area (Å²) in [6.07, 6.45) is 1.11. The zero-order valence-corrected chi connectivity index (χ0v) is 7.14. The molecule has 2 aromatic heterocycles. The second-order valence-electron chi connectivity index (χ2n) is 2.74. The average Bonchev–Trinajstić information content (AvgIpc) is 2.47. The molecule has 0 fully saturated rings. The lowest BCUT2D eigenvalue weighted by Gasteiger charge is -1.96. The summed E-state index contributed by atoms with van der Waals surface area (Å²) in [5, 5.41) is 17.7. The Morgan fingerprint density at radius 2 is 2.29 bits per heavy atom. The number of aryl methyl sites for hydroxylation is 1. The molecule has 7 heteroatoms. The van der Waals surface area contributed by atoms with Crippen LogP contribution in [-0.2, 0) is 0 Å². The Morgan fingerprint density at radius 3 is 2.93 bits per heavy atom. The molecule has 2 heterocycles. The molecule has 0 aliphatic rings. The van der Waals surface area contributed by atoms with Crippen molar-refractivity contribution >= 4 is 11.3 Å². The minimum absolute atomic E-state index is 0.0499. The second kappa shape index (κ2) is 2.72. The molecule has 14 heavy (non-hydrogen) atoms. The molecule has 0 aromatic carbocycles. The first kappa shape index (κ1) is 8.54. The van der Waals surface area contributed by atoms with E-state index in [9.17, 15) is 14.5 Å². The van der Waals surface area contributed by atoms with Crippen molar-refractivity contribution in [1.82, 2.24) is 14.6 Å². The molecule has 0 saturated heterocycles. The number of nitrogens with zero attached hydrogens (tertiary/aromatic N) is 4. The molecule has 0 aliphatic carbocycles. The van der Waals surface area contributed by atoms with Crippen molar-refractivity contribution in [2.24, 2.45) is 0 Å². The highest BCUT2D eigenvalue weighted by atomic mass is 19.1.